The van der Waals surface area contributed by atoms with Gasteiger partial charge in [-0.1, -0.05) is 12.1 Å². The van der Waals surface area contributed by atoms with Crippen LogP contribution in [0.2, 0.25) is 0 Å². The highest BCUT2D eigenvalue weighted by Crippen LogP contribution is 2.37. The minimum absolute atomic E-state index is 0.143. The highest BCUT2D eigenvalue weighted by molar-refractivity contribution is 6.62. The van der Waals surface area contributed by atoms with Gasteiger partial charge in [-0.25, -0.2) is 0 Å². The molecule has 3 aliphatic heterocycles. The summed E-state index contributed by atoms with van der Waals surface area (Å²) in [6.07, 6.45) is 2.87. The number of fused-ring (bicyclic) bond motifs is 1. The SMILES string of the molecule is CC(=O)N1CCC[C@H]1C1=Nc2ccc(B3OC(C)(C)C(C)(C)O3)cc2C1. The lowest BCUT2D eigenvalue weighted by Crippen LogP contribution is -2.41. The third-order valence-electron chi connectivity index (χ3n) is 6.31. The number of carbonyl (C=O) groups excluding carboxylic acids is 1. The van der Waals surface area contributed by atoms with Gasteiger partial charge in [-0.2, -0.15) is 0 Å². The minimum atomic E-state index is -0.352. The van der Waals surface area contributed by atoms with Crippen molar-refractivity contribution in [1.29, 1.82) is 0 Å². The normalized spacial score (nSPS) is 26.2. The van der Waals surface area contributed by atoms with Gasteiger partial charge >= 0.3 is 7.12 Å². The number of aliphatic imine (C=N–C) groups is 1. The average Bonchev–Trinajstić information content (AvgIpc) is 3.23. The van der Waals surface area contributed by atoms with E-state index in [1.54, 1.807) is 6.92 Å². The van der Waals surface area contributed by atoms with Crippen molar-refractivity contribution in [2.75, 3.05) is 6.54 Å². The second kappa shape index (κ2) is 5.93. The Morgan fingerprint density at radius 2 is 1.92 bits per heavy atom. The monoisotopic (exact) mass is 354 g/mol. The Morgan fingerprint density at radius 1 is 1.23 bits per heavy atom. The van der Waals surface area contributed by atoms with Crippen molar-refractivity contribution in [3.8, 4) is 0 Å². The van der Waals surface area contributed by atoms with E-state index in [2.05, 4.69) is 39.8 Å². The summed E-state index contributed by atoms with van der Waals surface area (Å²) in [7, 11) is -0.352. The molecule has 1 aromatic rings. The third-order valence-corrected chi connectivity index (χ3v) is 6.31. The van der Waals surface area contributed by atoms with Crippen LogP contribution >= 0.6 is 0 Å². The number of benzene rings is 1. The zero-order valence-electron chi connectivity index (χ0n) is 16.3. The van der Waals surface area contributed by atoms with Crippen LogP contribution in [0.4, 0.5) is 5.69 Å². The second-order valence-electron chi connectivity index (χ2n) is 8.63. The maximum Gasteiger partial charge on any atom is 0.494 e. The summed E-state index contributed by atoms with van der Waals surface area (Å²) in [5, 5.41) is 0. The Balaban J connectivity index is 1.54. The van der Waals surface area contributed by atoms with E-state index in [-0.39, 0.29) is 30.3 Å². The molecule has 2 fully saturated rings. The first-order valence-electron chi connectivity index (χ1n) is 9.51. The molecular formula is C20H27BN2O3. The lowest BCUT2D eigenvalue weighted by Gasteiger charge is -2.32. The molecule has 138 valence electrons. The molecule has 0 aromatic heterocycles. The van der Waals surface area contributed by atoms with Gasteiger partial charge in [0.15, 0.2) is 0 Å². The van der Waals surface area contributed by atoms with Crippen LogP contribution in [-0.4, -0.2) is 47.4 Å². The van der Waals surface area contributed by atoms with Crippen molar-refractivity contribution in [2.45, 2.75) is 71.1 Å². The maximum absolute atomic E-state index is 11.9. The van der Waals surface area contributed by atoms with Crippen molar-refractivity contribution in [1.82, 2.24) is 4.90 Å². The van der Waals surface area contributed by atoms with E-state index in [9.17, 15) is 4.79 Å². The number of amides is 1. The fourth-order valence-electron chi connectivity index (χ4n) is 4.05. The summed E-state index contributed by atoms with van der Waals surface area (Å²) in [5.41, 5.74) is 3.67. The predicted octanol–water partition coefficient (Wildman–Crippen LogP) is 2.63. The van der Waals surface area contributed by atoms with Crippen LogP contribution in [0, 0.1) is 0 Å². The maximum atomic E-state index is 11.9. The predicted molar refractivity (Wildman–Crippen MR) is 103 cm³/mol. The Labute approximate surface area is 155 Å². The van der Waals surface area contributed by atoms with Crippen LogP contribution in [0.15, 0.2) is 23.2 Å². The molecule has 0 bridgehead atoms. The molecule has 0 radical (unpaired) electrons. The molecule has 26 heavy (non-hydrogen) atoms. The molecule has 0 N–H and O–H groups in total. The molecule has 0 aliphatic carbocycles. The van der Waals surface area contributed by atoms with Gasteiger partial charge in [0.2, 0.25) is 5.91 Å². The lowest BCUT2D eigenvalue weighted by atomic mass is 9.78. The molecule has 2 saturated heterocycles. The topological polar surface area (TPSA) is 51.1 Å². The molecule has 5 nitrogen and oxygen atoms in total. The van der Waals surface area contributed by atoms with Crippen LogP contribution < -0.4 is 5.46 Å². The third kappa shape index (κ3) is 2.80. The summed E-state index contributed by atoms with van der Waals surface area (Å²) in [6, 6.07) is 6.40. The summed E-state index contributed by atoms with van der Waals surface area (Å²) in [4.78, 5) is 18.7. The number of likely N-dealkylation sites (tertiary alicyclic amines) is 1. The van der Waals surface area contributed by atoms with Crippen molar-refractivity contribution in [2.24, 2.45) is 4.99 Å². The highest BCUT2D eigenvalue weighted by atomic mass is 16.7. The smallest absolute Gasteiger partial charge is 0.399 e. The largest absolute Gasteiger partial charge is 0.494 e. The Kier molecular flexibility index (Phi) is 4.05. The molecule has 3 heterocycles. The first-order chi connectivity index (χ1) is 12.2. The summed E-state index contributed by atoms with van der Waals surface area (Å²) < 4.78 is 12.3. The molecule has 1 aromatic carbocycles. The van der Waals surface area contributed by atoms with Gasteiger partial charge in [-0.05, 0) is 57.6 Å². The van der Waals surface area contributed by atoms with Crippen molar-refractivity contribution in [3.63, 3.8) is 0 Å². The lowest BCUT2D eigenvalue weighted by molar-refractivity contribution is -0.128. The number of hydrogen-bond acceptors (Lipinski definition) is 4. The molecule has 3 aliphatic rings. The fourth-order valence-corrected chi connectivity index (χ4v) is 4.05. The molecule has 6 heteroatoms. The molecule has 0 saturated carbocycles. The summed E-state index contributed by atoms with van der Waals surface area (Å²) in [6.45, 7) is 10.8. The molecular weight excluding hydrogens is 327 g/mol. The molecule has 1 atom stereocenters. The van der Waals surface area contributed by atoms with Gasteiger partial charge in [0.25, 0.3) is 0 Å². The van der Waals surface area contributed by atoms with Gasteiger partial charge in [0, 0.05) is 25.6 Å². The van der Waals surface area contributed by atoms with Crippen molar-refractivity contribution >= 4 is 29.9 Å². The number of hydrogen-bond donors (Lipinski definition) is 0. The van der Waals surface area contributed by atoms with E-state index in [4.69, 9.17) is 14.3 Å². The van der Waals surface area contributed by atoms with Crippen LogP contribution in [0.3, 0.4) is 0 Å². The van der Waals surface area contributed by atoms with Gasteiger partial charge in [0.1, 0.15) is 0 Å². The quantitative estimate of drug-likeness (QED) is 0.768. The molecule has 0 unspecified atom stereocenters. The Bertz CT molecular complexity index is 771. The zero-order chi connectivity index (χ0) is 18.7. The van der Waals surface area contributed by atoms with Crippen LogP contribution in [0.25, 0.3) is 0 Å². The van der Waals surface area contributed by atoms with Gasteiger partial charge in [-0.15, -0.1) is 0 Å². The van der Waals surface area contributed by atoms with Crippen LogP contribution in [0.5, 0.6) is 0 Å². The Morgan fingerprint density at radius 3 is 2.58 bits per heavy atom. The van der Waals surface area contributed by atoms with Gasteiger partial charge < -0.3 is 14.2 Å². The molecule has 4 rings (SSSR count). The van der Waals surface area contributed by atoms with E-state index < -0.39 is 0 Å². The Hall–Kier alpha value is -1.66. The molecule has 1 amide bonds. The van der Waals surface area contributed by atoms with E-state index >= 15 is 0 Å². The van der Waals surface area contributed by atoms with E-state index in [1.807, 2.05) is 11.0 Å². The number of carbonyl (C=O) groups is 1. The van der Waals surface area contributed by atoms with E-state index in [0.717, 1.165) is 42.7 Å². The number of rotatable bonds is 2. The van der Waals surface area contributed by atoms with Crippen molar-refractivity contribution < 1.29 is 14.1 Å². The summed E-state index contributed by atoms with van der Waals surface area (Å²) >= 11 is 0. The average molecular weight is 354 g/mol. The van der Waals surface area contributed by atoms with Crippen LogP contribution in [0.1, 0.15) is 53.0 Å². The fraction of sp³-hybridized carbons (Fsp3) is 0.600. The first-order valence-corrected chi connectivity index (χ1v) is 9.51. The van der Waals surface area contributed by atoms with E-state index in [1.165, 1.54) is 5.56 Å². The van der Waals surface area contributed by atoms with Crippen LogP contribution in [-0.2, 0) is 20.5 Å². The summed E-state index contributed by atoms with van der Waals surface area (Å²) in [5.74, 6) is 0.143. The number of nitrogens with zero attached hydrogens (tertiary/aromatic N) is 2. The van der Waals surface area contributed by atoms with Gasteiger partial charge in [0.05, 0.1) is 22.9 Å². The zero-order valence-corrected chi connectivity index (χ0v) is 16.3. The molecule has 0 spiro atoms. The van der Waals surface area contributed by atoms with Crippen molar-refractivity contribution in [3.05, 3.63) is 23.8 Å². The van der Waals surface area contributed by atoms with Gasteiger partial charge in [-0.3, -0.25) is 9.79 Å². The van der Waals surface area contributed by atoms with E-state index in [0.29, 0.717) is 0 Å². The first kappa shape index (κ1) is 17.7. The second-order valence-corrected chi connectivity index (χ2v) is 8.63. The highest BCUT2D eigenvalue weighted by Gasteiger charge is 2.51. The minimum Gasteiger partial charge on any atom is -0.399 e. The standard InChI is InChI=1S/C20H27BN2O3/c1-13(24)23-10-6-7-18(23)17-12-14-11-15(8-9-16(14)22-17)21-25-19(2,3)20(4,5)26-21/h8-9,11,18H,6-7,10,12H2,1-5H3/t18-/m0/s1.